The van der Waals surface area contributed by atoms with Crippen LogP contribution in [0.5, 0.6) is 5.75 Å². The van der Waals surface area contributed by atoms with Gasteiger partial charge in [0.1, 0.15) is 5.75 Å². The Morgan fingerprint density at radius 3 is 2.53 bits per heavy atom. The third-order valence-electron chi connectivity index (χ3n) is 2.88. The highest BCUT2D eigenvalue weighted by Gasteiger charge is 2.02. The van der Waals surface area contributed by atoms with Gasteiger partial charge in [-0.2, -0.15) is 5.10 Å². The van der Waals surface area contributed by atoms with Gasteiger partial charge in [0.05, 0.1) is 24.7 Å². The van der Waals surface area contributed by atoms with E-state index >= 15 is 0 Å². The summed E-state index contributed by atoms with van der Waals surface area (Å²) in [6, 6.07) is 8.04. The van der Waals surface area contributed by atoms with Crippen molar-refractivity contribution in [3.63, 3.8) is 0 Å². The molecule has 0 amide bonds. The van der Waals surface area contributed by atoms with Crippen LogP contribution in [0.2, 0.25) is 0 Å². The fourth-order valence-electron chi connectivity index (χ4n) is 1.61. The molecule has 4 nitrogen and oxygen atoms in total. The van der Waals surface area contributed by atoms with Gasteiger partial charge in [0.25, 0.3) is 0 Å². The molecule has 1 heterocycles. The Bertz CT molecular complexity index is 488. The van der Waals surface area contributed by atoms with Gasteiger partial charge in [0, 0.05) is 13.6 Å². The first-order valence-corrected chi connectivity index (χ1v) is 5.56. The zero-order valence-corrected chi connectivity index (χ0v) is 10.4. The lowest BCUT2D eigenvalue weighted by atomic mass is 10.2. The van der Waals surface area contributed by atoms with E-state index in [1.54, 1.807) is 7.11 Å². The summed E-state index contributed by atoms with van der Waals surface area (Å²) in [7, 11) is 3.61. The highest BCUT2D eigenvalue weighted by molar-refractivity contribution is 5.46. The number of benzene rings is 1. The Balaban J connectivity index is 2.00. The maximum atomic E-state index is 5.12. The largest absolute Gasteiger partial charge is 0.497 e. The monoisotopic (exact) mass is 231 g/mol. The molecule has 0 aliphatic carbocycles. The van der Waals surface area contributed by atoms with Crippen LogP contribution in [0.25, 0.3) is 0 Å². The van der Waals surface area contributed by atoms with E-state index < -0.39 is 0 Å². The number of hydrogen-bond donors (Lipinski definition) is 1. The molecule has 0 aliphatic rings. The molecule has 2 aromatic rings. The van der Waals surface area contributed by atoms with Crippen molar-refractivity contribution in [3.05, 3.63) is 41.7 Å². The molecular weight excluding hydrogens is 214 g/mol. The highest BCUT2D eigenvalue weighted by Crippen LogP contribution is 2.15. The van der Waals surface area contributed by atoms with E-state index in [4.69, 9.17) is 4.74 Å². The molecule has 0 saturated carbocycles. The summed E-state index contributed by atoms with van der Waals surface area (Å²) in [6.45, 7) is 2.83. The van der Waals surface area contributed by atoms with E-state index in [2.05, 4.69) is 22.5 Å². The van der Waals surface area contributed by atoms with Gasteiger partial charge in [-0.3, -0.25) is 4.68 Å². The maximum Gasteiger partial charge on any atom is 0.118 e. The Morgan fingerprint density at radius 1 is 1.29 bits per heavy atom. The summed E-state index contributed by atoms with van der Waals surface area (Å²) in [4.78, 5) is 0. The van der Waals surface area contributed by atoms with Crippen LogP contribution in [0.3, 0.4) is 0 Å². The summed E-state index contributed by atoms with van der Waals surface area (Å²) >= 11 is 0. The van der Waals surface area contributed by atoms with E-state index in [0.717, 1.165) is 23.7 Å². The van der Waals surface area contributed by atoms with Crippen molar-refractivity contribution < 1.29 is 4.74 Å². The minimum atomic E-state index is 0.788. The third kappa shape index (κ3) is 2.58. The Morgan fingerprint density at radius 2 is 2.00 bits per heavy atom. The first-order chi connectivity index (χ1) is 8.20. The molecule has 2 rings (SSSR count). The normalized spacial score (nSPS) is 10.3. The molecule has 1 N–H and O–H groups in total. The van der Waals surface area contributed by atoms with Gasteiger partial charge < -0.3 is 10.1 Å². The van der Waals surface area contributed by atoms with E-state index in [-0.39, 0.29) is 0 Å². The molecule has 0 fully saturated rings. The van der Waals surface area contributed by atoms with Crippen molar-refractivity contribution in [1.29, 1.82) is 0 Å². The number of methoxy groups -OCH3 is 1. The van der Waals surface area contributed by atoms with Crippen LogP contribution in [0.1, 0.15) is 11.3 Å². The van der Waals surface area contributed by atoms with Gasteiger partial charge in [-0.1, -0.05) is 12.1 Å². The first-order valence-electron chi connectivity index (χ1n) is 5.56. The van der Waals surface area contributed by atoms with E-state index in [1.165, 1.54) is 5.56 Å². The summed E-state index contributed by atoms with van der Waals surface area (Å²) in [5.74, 6) is 0.881. The zero-order chi connectivity index (χ0) is 12.3. The van der Waals surface area contributed by atoms with Crippen molar-refractivity contribution in [2.24, 2.45) is 7.05 Å². The smallest absolute Gasteiger partial charge is 0.118 e. The van der Waals surface area contributed by atoms with Gasteiger partial charge in [-0.05, 0) is 24.6 Å². The Kier molecular flexibility index (Phi) is 3.32. The lowest BCUT2D eigenvalue weighted by Crippen LogP contribution is -2.01. The van der Waals surface area contributed by atoms with Crippen molar-refractivity contribution in [2.45, 2.75) is 13.5 Å². The third-order valence-corrected chi connectivity index (χ3v) is 2.88. The SMILES string of the molecule is COc1ccc(CNc2cnn(C)c2C)cc1. The fourth-order valence-corrected chi connectivity index (χ4v) is 1.61. The molecule has 1 aromatic carbocycles. The average molecular weight is 231 g/mol. The van der Waals surface area contributed by atoms with Crippen LogP contribution < -0.4 is 10.1 Å². The predicted molar refractivity (Wildman–Crippen MR) is 68.3 cm³/mol. The standard InChI is InChI=1S/C13H17N3O/c1-10-13(9-15-16(10)2)14-8-11-4-6-12(17-3)7-5-11/h4-7,9,14H,8H2,1-3H3. The van der Waals surface area contributed by atoms with E-state index in [1.807, 2.05) is 37.0 Å². The summed E-state index contributed by atoms with van der Waals surface area (Å²) in [5, 5.41) is 7.55. The number of hydrogen-bond acceptors (Lipinski definition) is 3. The molecule has 0 spiro atoms. The second kappa shape index (κ2) is 4.91. The van der Waals surface area contributed by atoms with Crippen LogP contribution in [-0.2, 0) is 13.6 Å². The van der Waals surface area contributed by atoms with Gasteiger partial charge in [0.15, 0.2) is 0 Å². The predicted octanol–water partition coefficient (Wildman–Crippen LogP) is 2.35. The number of rotatable bonds is 4. The number of anilines is 1. The van der Waals surface area contributed by atoms with E-state index in [9.17, 15) is 0 Å². The number of aryl methyl sites for hydroxylation is 1. The molecule has 4 heteroatoms. The molecule has 0 radical (unpaired) electrons. The van der Waals surface area contributed by atoms with Crippen molar-refractivity contribution in [2.75, 3.05) is 12.4 Å². The Labute approximate surface area is 101 Å². The lowest BCUT2D eigenvalue weighted by Gasteiger charge is -2.06. The van der Waals surface area contributed by atoms with Gasteiger partial charge in [-0.25, -0.2) is 0 Å². The molecule has 1 aromatic heterocycles. The average Bonchev–Trinajstić information content (AvgIpc) is 2.68. The number of ether oxygens (including phenoxy) is 1. The number of aromatic nitrogens is 2. The van der Waals surface area contributed by atoms with Crippen LogP contribution in [-0.4, -0.2) is 16.9 Å². The summed E-state index contributed by atoms with van der Waals surface area (Å²) < 4.78 is 6.98. The summed E-state index contributed by atoms with van der Waals surface area (Å²) in [6.07, 6.45) is 1.85. The molecule has 0 aliphatic heterocycles. The summed E-state index contributed by atoms with van der Waals surface area (Å²) in [5.41, 5.74) is 3.43. The van der Waals surface area contributed by atoms with Crippen LogP contribution >= 0.6 is 0 Å². The first kappa shape index (κ1) is 11.5. The van der Waals surface area contributed by atoms with Crippen molar-refractivity contribution >= 4 is 5.69 Å². The minimum Gasteiger partial charge on any atom is -0.497 e. The van der Waals surface area contributed by atoms with Gasteiger partial charge in [-0.15, -0.1) is 0 Å². The molecular formula is C13H17N3O. The fraction of sp³-hybridized carbons (Fsp3) is 0.308. The second-order valence-electron chi connectivity index (χ2n) is 3.97. The highest BCUT2D eigenvalue weighted by atomic mass is 16.5. The lowest BCUT2D eigenvalue weighted by molar-refractivity contribution is 0.414. The second-order valence-corrected chi connectivity index (χ2v) is 3.97. The molecule has 0 atom stereocenters. The van der Waals surface area contributed by atoms with Gasteiger partial charge >= 0.3 is 0 Å². The van der Waals surface area contributed by atoms with Crippen molar-refractivity contribution in [1.82, 2.24) is 9.78 Å². The topological polar surface area (TPSA) is 39.1 Å². The molecule has 0 unspecified atom stereocenters. The van der Waals surface area contributed by atoms with E-state index in [0.29, 0.717) is 0 Å². The number of nitrogens with one attached hydrogen (secondary N) is 1. The zero-order valence-electron chi connectivity index (χ0n) is 10.4. The van der Waals surface area contributed by atoms with Crippen LogP contribution in [0.4, 0.5) is 5.69 Å². The van der Waals surface area contributed by atoms with Crippen molar-refractivity contribution in [3.8, 4) is 5.75 Å². The molecule has 0 bridgehead atoms. The molecule has 0 saturated heterocycles. The van der Waals surface area contributed by atoms with Gasteiger partial charge in [0.2, 0.25) is 0 Å². The van der Waals surface area contributed by atoms with Crippen LogP contribution in [0, 0.1) is 6.92 Å². The minimum absolute atomic E-state index is 0.788. The maximum absolute atomic E-state index is 5.12. The Hall–Kier alpha value is -1.97. The molecule has 17 heavy (non-hydrogen) atoms. The molecule has 90 valence electrons. The van der Waals surface area contributed by atoms with Crippen LogP contribution in [0.15, 0.2) is 30.5 Å². The quantitative estimate of drug-likeness (QED) is 0.878. The number of nitrogens with zero attached hydrogens (tertiary/aromatic N) is 2.